The van der Waals surface area contributed by atoms with Gasteiger partial charge in [-0.2, -0.15) is 0 Å². The molecule has 7 aromatic rings. The summed E-state index contributed by atoms with van der Waals surface area (Å²) in [5.74, 6) is 1.01. The van der Waals surface area contributed by atoms with Gasteiger partial charge in [0.05, 0.1) is 10.4 Å². The van der Waals surface area contributed by atoms with E-state index in [-0.39, 0.29) is 0 Å². The first-order valence-electron chi connectivity index (χ1n) is 14.9. The van der Waals surface area contributed by atoms with Crippen LogP contribution in [-0.4, -0.2) is 5.75 Å². The highest BCUT2D eigenvalue weighted by Crippen LogP contribution is 2.46. The summed E-state index contributed by atoms with van der Waals surface area (Å²) in [6.45, 7) is 4.40. The van der Waals surface area contributed by atoms with Gasteiger partial charge in [0.15, 0.2) is 0 Å². The van der Waals surface area contributed by atoms with Crippen molar-refractivity contribution in [3.05, 3.63) is 168 Å². The molecule has 0 bridgehead atoms. The molecule has 2 heterocycles. The van der Waals surface area contributed by atoms with Crippen molar-refractivity contribution in [1.29, 1.82) is 0 Å². The minimum Gasteiger partial charge on any atom is -0.309 e. The lowest BCUT2D eigenvalue weighted by Gasteiger charge is -2.27. The minimum absolute atomic E-state index is 0.990. The average Bonchev–Trinajstić information content (AvgIpc) is 3.66. The van der Waals surface area contributed by atoms with Crippen LogP contribution in [0.3, 0.4) is 0 Å². The highest BCUT2D eigenvalue weighted by molar-refractivity contribution is 9.10. The molecular formula is C41H28BrNS2. The molecule has 0 spiro atoms. The zero-order chi connectivity index (χ0) is 30.3. The van der Waals surface area contributed by atoms with Gasteiger partial charge in [0.1, 0.15) is 0 Å². The Bertz CT molecular complexity index is 2310. The van der Waals surface area contributed by atoms with Crippen molar-refractivity contribution < 1.29 is 0 Å². The van der Waals surface area contributed by atoms with E-state index >= 15 is 0 Å². The third kappa shape index (κ3) is 5.33. The second-order valence-electron chi connectivity index (χ2n) is 11.2. The summed E-state index contributed by atoms with van der Waals surface area (Å²) in [6.07, 6.45) is 6.47. The number of thiophene rings is 1. The normalized spacial score (nSPS) is 13.8. The minimum atomic E-state index is 0.990. The lowest BCUT2D eigenvalue weighted by Crippen LogP contribution is -2.10. The summed E-state index contributed by atoms with van der Waals surface area (Å²) >= 11 is 7.60. The number of thioether (sulfide) groups is 1. The van der Waals surface area contributed by atoms with E-state index in [1.807, 2.05) is 23.1 Å². The molecule has 216 valence electrons. The number of halogens is 1. The Morgan fingerprint density at radius 1 is 0.733 bits per heavy atom. The van der Waals surface area contributed by atoms with Gasteiger partial charge in [0.25, 0.3) is 0 Å². The summed E-state index contributed by atoms with van der Waals surface area (Å²) in [4.78, 5) is 3.75. The predicted octanol–water partition coefficient (Wildman–Crippen LogP) is 13.2. The summed E-state index contributed by atoms with van der Waals surface area (Å²) in [7, 11) is 0. The summed E-state index contributed by atoms with van der Waals surface area (Å²) in [5.41, 5.74) is 8.18. The van der Waals surface area contributed by atoms with Crippen LogP contribution in [0.15, 0.2) is 162 Å². The van der Waals surface area contributed by atoms with Crippen molar-refractivity contribution in [2.75, 3.05) is 10.7 Å². The quantitative estimate of drug-likeness (QED) is 0.161. The molecule has 45 heavy (non-hydrogen) atoms. The standard InChI is InChI=1S/C41H28BrNS2/c1-27(9-8-12-31-26-44-39-15-6-4-13-35(31)39)28-17-20-33(21-18-28)43(34-22-19-29-10-2-3-11-30(29)23-34)38-25-32(42)24-37-36-14-5-7-16-40(36)45-41(37)38/h2-25H,1,26H2/b9-8-,31-12+. The molecule has 0 amide bonds. The molecule has 0 aliphatic carbocycles. The van der Waals surface area contributed by atoms with Crippen LogP contribution >= 0.6 is 39.0 Å². The Morgan fingerprint density at radius 2 is 1.49 bits per heavy atom. The fourth-order valence-electron chi connectivity index (χ4n) is 6.11. The first-order chi connectivity index (χ1) is 22.1. The van der Waals surface area contributed by atoms with Gasteiger partial charge in [0.2, 0.25) is 0 Å². The Hall–Kier alpha value is -4.35. The van der Waals surface area contributed by atoms with E-state index in [4.69, 9.17) is 0 Å². The van der Waals surface area contributed by atoms with Gasteiger partial charge in [-0.3, -0.25) is 0 Å². The highest BCUT2D eigenvalue weighted by Gasteiger charge is 2.20. The summed E-state index contributed by atoms with van der Waals surface area (Å²) in [5, 5.41) is 5.00. The number of benzene rings is 6. The fraction of sp³-hybridized carbons (Fsp3) is 0.0244. The molecule has 0 fully saturated rings. The van der Waals surface area contributed by atoms with Crippen molar-refractivity contribution in [3.8, 4) is 0 Å². The van der Waals surface area contributed by atoms with Gasteiger partial charge < -0.3 is 4.90 Å². The molecule has 1 aromatic heterocycles. The largest absolute Gasteiger partial charge is 0.309 e. The maximum atomic E-state index is 4.40. The third-order valence-corrected chi connectivity index (χ3v) is 11.2. The monoisotopic (exact) mass is 677 g/mol. The van der Waals surface area contributed by atoms with E-state index in [1.165, 1.54) is 47.0 Å². The van der Waals surface area contributed by atoms with Crippen LogP contribution < -0.4 is 4.90 Å². The van der Waals surface area contributed by atoms with Crippen LogP contribution in [-0.2, 0) is 0 Å². The van der Waals surface area contributed by atoms with Crippen LogP contribution in [0.1, 0.15) is 11.1 Å². The lowest BCUT2D eigenvalue weighted by molar-refractivity contribution is 1.30. The number of nitrogens with zero attached hydrogens (tertiary/aromatic N) is 1. The van der Waals surface area contributed by atoms with Crippen molar-refractivity contribution >= 4 is 98.2 Å². The molecule has 0 N–H and O–H groups in total. The zero-order valence-electron chi connectivity index (χ0n) is 24.4. The van der Waals surface area contributed by atoms with Gasteiger partial charge in [0, 0.05) is 42.0 Å². The van der Waals surface area contributed by atoms with Crippen molar-refractivity contribution in [1.82, 2.24) is 0 Å². The number of hydrogen-bond donors (Lipinski definition) is 0. The predicted molar refractivity (Wildman–Crippen MR) is 203 cm³/mol. The number of fused-ring (bicyclic) bond motifs is 5. The lowest BCUT2D eigenvalue weighted by atomic mass is 10.0. The SMILES string of the molecule is C=C(/C=C\C=C1/CSc2ccccc21)c1ccc(N(c2ccc3ccccc3c2)c2cc(Br)cc3c2sc2ccccc23)cc1. The van der Waals surface area contributed by atoms with Gasteiger partial charge >= 0.3 is 0 Å². The molecule has 8 rings (SSSR count). The molecule has 1 aliphatic heterocycles. The Balaban J connectivity index is 1.19. The van der Waals surface area contributed by atoms with Crippen LogP contribution in [0.25, 0.3) is 42.1 Å². The molecule has 1 aliphatic rings. The Labute approximate surface area is 280 Å². The van der Waals surface area contributed by atoms with E-state index < -0.39 is 0 Å². The van der Waals surface area contributed by atoms with E-state index in [0.717, 1.165) is 38.4 Å². The molecule has 0 radical (unpaired) electrons. The van der Waals surface area contributed by atoms with Crippen LogP contribution in [0, 0.1) is 0 Å². The molecule has 0 saturated carbocycles. The molecule has 1 nitrogen and oxygen atoms in total. The maximum Gasteiger partial charge on any atom is 0.0651 e. The van der Waals surface area contributed by atoms with E-state index in [9.17, 15) is 0 Å². The first-order valence-corrected chi connectivity index (χ1v) is 17.5. The van der Waals surface area contributed by atoms with Crippen LogP contribution in [0.4, 0.5) is 17.1 Å². The average molecular weight is 679 g/mol. The van der Waals surface area contributed by atoms with E-state index in [2.05, 4.69) is 173 Å². The van der Waals surface area contributed by atoms with Gasteiger partial charge in [-0.05, 0) is 81.6 Å². The fourth-order valence-corrected chi connectivity index (χ4v) is 8.84. The number of anilines is 3. The van der Waals surface area contributed by atoms with Crippen LogP contribution in [0.5, 0.6) is 0 Å². The molecule has 0 saturated heterocycles. The number of rotatable bonds is 6. The second kappa shape index (κ2) is 11.9. The second-order valence-corrected chi connectivity index (χ2v) is 14.2. The van der Waals surface area contributed by atoms with Gasteiger partial charge in [-0.1, -0.05) is 120 Å². The molecule has 4 heteroatoms. The Morgan fingerprint density at radius 3 is 2.38 bits per heavy atom. The molecular weight excluding hydrogens is 650 g/mol. The summed E-state index contributed by atoms with van der Waals surface area (Å²) < 4.78 is 3.62. The molecule has 6 aromatic carbocycles. The van der Waals surface area contributed by atoms with Crippen molar-refractivity contribution in [2.24, 2.45) is 0 Å². The topological polar surface area (TPSA) is 3.24 Å². The maximum absolute atomic E-state index is 4.40. The molecule has 0 unspecified atom stereocenters. The number of hydrogen-bond acceptors (Lipinski definition) is 3. The summed E-state index contributed by atoms with van der Waals surface area (Å²) in [6, 6.07) is 45.9. The zero-order valence-corrected chi connectivity index (χ0v) is 27.6. The van der Waals surface area contributed by atoms with E-state index in [1.54, 1.807) is 0 Å². The third-order valence-electron chi connectivity index (χ3n) is 8.36. The number of allylic oxidation sites excluding steroid dienone is 4. The Kier molecular flexibility index (Phi) is 7.42. The van der Waals surface area contributed by atoms with Gasteiger partial charge in [-0.25, -0.2) is 0 Å². The smallest absolute Gasteiger partial charge is 0.0651 e. The van der Waals surface area contributed by atoms with Crippen molar-refractivity contribution in [2.45, 2.75) is 4.90 Å². The molecule has 0 atom stereocenters. The van der Waals surface area contributed by atoms with Crippen molar-refractivity contribution in [3.63, 3.8) is 0 Å². The first kappa shape index (κ1) is 28.1. The van der Waals surface area contributed by atoms with Crippen LogP contribution in [0.2, 0.25) is 0 Å². The van der Waals surface area contributed by atoms with Gasteiger partial charge in [-0.15, -0.1) is 23.1 Å². The highest BCUT2D eigenvalue weighted by atomic mass is 79.9. The van der Waals surface area contributed by atoms with E-state index in [0.29, 0.717) is 0 Å².